The van der Waals surface area contributed by atoms with E-state index in [9.17, 15) is 24.3 Å². The molecule has 0 saturated carbocycles. The van der Waals surface area contributed by atoms with E-state index in [0.717, 1.165) is 4.90 Å². The molecule has 1 atom stereocenters. The molecule has 1 aromatic carbocycles. The summed E-state index contributed by atoms with van der Waals surface area (Å²) in [6, 6.07) is 5.60. The Hall–Kier alpha value is -3.34. The maximum Gasteiger partial charge on any atom is 0.407 e. The van der Waals surface area contributed by atoms with E-state index in [1.165, 1.54) is 0 Å². The Bertz CT molecular complexity index is 675. The lowest BCUT2D eigenvalue weighted by atomic mass is 10.0. The molecular formula is C16H21N3O8. The van der Waals surface area contributed by atoms with Crippen LogP contribution in [0.5, 0.6) is 0 Å². The van der Waals surface area contributed by atoms with Crippen molar-refractivity contribution < 1.29 is 39.6 Å². The van der Waals surface area contributed by atoms with Crippen molar-refractivity contribution in [2.75, 3.05) is 31.9 Å². The number of nitrogens with zero attached hydrogens (tertiary/aromatic N) is 2. The highest BCUT2D eigenvalue weighted by molar-refractivity contribution is 5.76. The van der Waals surface area contributed by atoms with Gasteiger partial charge in [0.1, 0.15) is 6.54 Å². The lowest BCUT2D eigenvalue weighted by Crippen LogP contribution is -2.51. The number of hydrogen-bond acceptors (Lipinski definition) is 6. The Morgan fingerprint density at radius 2 is 1.33 bits per heavy atom. The minimum Gasteiger partial charge on any atom is -0.480 e. The first-order valence-electron chi connectivity index (χ1n) is 7.80. The molecule has 0 aromatic heterocycles. The number of carbonyl (C=O) groups is 4. The van der Waals surface area contributed by atoms with Gasteiger partial charge in [-0.3, -0.25) is 24.2 Å². The number of carboxylic acids is 3. The Kier molecular flexibility index (Phi) is 8.01. The summed E-state index contributed by atoms with van der Waals surface area (Å²) in [6.45, 7) is -2.49. The predicted octanol–water partition coefficient (Wildman–Crippen LogP) is -0.284. The molecule has 1 rings (SSSR count). The summed E-state index contributed by atoms with van der Waals surface area (Å²) in [4.78, 5) is 46.1. The van der Waals surface area contributed by atoms with Crippen molar-refractivity contribution in [2.45, 2.75) is 12.5 Å². The molecule has 6 N–H and O–H groups in total. The molecule has 27 heavy (non-hydrogen) atoms. The van der Waals surface area contributed by atoms with E-state index in [4.69, 9.17) is 21.1 Å². The van der Waals surface area contributed by atoms with E-state index in [1.807, 2.05) is 0 Å². The summed E-state index contributed by atoms with van der Waals surface area (Å²) in [7, 11) is 0. The molecule has 1 aromatic rings. The van der Waals surface area contributed by atoms with Crippen molar-refractivity contribution in [3.8, 4) is 0 Å². The molecule has 0 aliphatic heterocycles. The third kappa shape index (κ3) is 8.05. The van der Waals surface area contributed by atoms with Crippen molar-refractivity contribution >= 4 is 29.7 Å². The second-order valence-electron chi connectivity index (χ2n) is 5.85. The van der Waals surface area contributed by atoms with Gasteiger partial charge in [0.25, 0.3) is 0 Å². The summed E-state index contributed by atoms with van der Waals surface area (Å²) in [5.41, 5.74) is 6.76. The van der Waals surface area contributed by atoms with Crippen LogP contribution in [0.1, 0.15) is 5.56 Å². The lowest BCUT2D eigenvalue weighted by Gasteiger charge is -2.32. The van der Waals surface area contributed by atoms with Gasteiger partial charge in [0.05, 0.1) is 13.1 Å². The Labute approximate surface area is 154 Å². The fraction of sp³-hybridized carbons (Fsp3) is 0.375. The SMILES string of the molecule is Nc1ccc(CC(CN(CC(=O)O)C(=O)O)N(CC(=O)O)CC(=O)O)cc1. The van der Waals surface area contributed by atoms with Crippen LogP contribution in [0.3, 0.4) is 0 Å². The van der Waals surface area contributed by atoms with E-state index in [2.05, 4.69) is 0 Å². The molecule has 1 amide bonds. The van der Waals surface area contributed by atoms with Crippen LogP contribution < -0.4 is 5.73 Å². The number of aliphatic carboxylic acids is 3. The van der Waals surface area contributed by atoms with Crippen molar-refractivity contribution in [3.63, 3.8) is 0 Å². The quantitative estimate of drug-likeness (QED) is 0.318. The van der Waals surface area contributed by atoms with Gasteiger partial charge in [-0.25, -0.2) is 4.79 Å². The van der Waals surface area contributed by atoms with Gasteiger partial charge in [0.2, 0.25) is 0 Å². The van der Waals surface area contributed by atoms with Crippen LogP contribution in [0, 0.1) is 0 Å². The summed E-state index contributed by atoms with van der Waals surface area (Å²) < 4.78 is 0. The number of nitrogen functional groups attached to an aromatic ring is 1. The molecule has 0 aliphatic rings. The van der Waals surface area contributed by atoms with E-state index < -0.39 is 49.7 Å². The molecule has 0 saturated heterocycles. The standard InChI is InChI=1S/C16H21N3O8/c17-11-3-1-10(2-4-11)5-12(6-19(16(26)27)9-15(24)25)18(7-13(20)21)8-14(22)23/h1-4,12H,5-9,17H2,(H,20,21)(H,22,23)(H,24,25)(H,26,27). The minimum atomic E-state index is -1.51. The van der Waals surface area contributed by atoms with Crippen LogP contribution in [0.4, 0.5) is 10.5 Å². The van der Waals surface area contributed by atoms with Gasteiger partial charge in [-0.2, -0.15) is 0 Å². The van der Waals surface area contributed by atoms with E-state index in [-0.39, 0.29) is 13.0 Å². The predicted molar refractivity (Wildman–Crippen MR) is 92.4 cm³/mol. The van der Waals surface area contributed by atoms with Gasteiger partial charge in [-0.15, -0.1) is 0 Å². The fourth-order valence-corrected chi connectivity index (χ4v) is 2.52. The zero-order valence-electron chi connectivity index (χ0n) is 14.3. The number of nitrogens with two attached hydrogens (primary N) is 1. The van der Waals surface area contributed by atoms with E-state index in [0.29, 0.717) is 16.2 Å². The summed E-state index contributed by atoms with van der Waals surface area (Å²) in [5.74, 6) is -3.97. The maximum atomic E-state index is 11.3. The number of hydrogen-bond donors (Lipinski definition) is 5. The molecule has 0 heterocycles. The minimum absolute atomic E-state index is 0.101. The molecule has 11 heteroatoms. The molecular weight excluding hydrogens is 362 g/mol. The summed E-state index contributed by atoms with van der Waals surface area (Å²) in [6.07, 6.45) is -1.41. The average molecular weight is 383 g/mol. The Morgan fingerprint density at radius 1 is 0.852 bits per heavy atom. The second-order valence-corrected chi connectivity index (χ2v) is 5.85. The number of anilines is 1. The Morgan fingerprint density at radius 3 is 1.74 bits per heavy atom. The van der Waals surface area contributed by atoms with Crippen LogP contribution >= 0.6 is 0 Å². The second kappa shape index (κ2) is 9.97. The van der Waals surface area contributed by atoms with Gasteiger partial charge in [0, 0.05) is 18.3 Å². The smallest absolute Gasteiger partial charge is 0.407 e. The van der Waals surface area contributed by atoms with Crippen molar-refractivity contribution in [2.24, 2.45) is 0 Å². The third-order valence-electron chi connectivity index (χ3n) is 3.67. The molecule has 0 fully saturated rings. The molecule has 0 radical (unpaired) electrons. The molecule has 0 bridgehead atoms. The maximum absolute atomic E-state index is 11.3. The van der Waals surface area contributed by atoms with Crippen LogP contribution in [0.25, 0.3) is 0 Å². The third-order valence-corrected chi connectivity index (χ3v) is 3.67. The average Bonchev–Trinajstić information content (AvgIpc) is 2.53. The summed E-state index contributed by atoms with van der Waals surface area (Å²) >= 11 is 0. The van der Waals surface area contributed by atoms with Crippen LogP contribution in [0.2, 0.25) is 0 Å². The lowest BCUT2D eigenvalue weighted by molar-refractivity contribution is -0.144. The first kappa shape index (κ1) is 21.7. The Balaban J connectivity index is 3.15. The van der Waals surface area contributed by atoms with Crippen LogP contribution in [-0.2, 0) is 20.8 Å². The molecule has 148 valence electrons. The number of rotatable bonds is 11. The highest BCUT2D eigenvalue weighted by atomic mass is 16.4. The van der Waals surface area contributed by atoms with Crippen LogP contribution in [-0.4, -0.2) is 86.4 Å². The van der Waals surface area contributed by atoms with E-state index >= 15 is 0 Å². The topological polar surface area (TPSA) is 182 Å². The van der Waals surface area contributed by atoms with Crippen molar-refractivity contribution in [3.05, 3.63) is 29.8 Å². The number of amides is 1. The molecule has 1 unspecified atom stereocenters. The van der Waals surface area contributed by atoms with Crippen molar-refractivity contribution in [1.29, 1.82) is 0 Å². The zero-order valence-corrected chi connectivity index (χ0v) is 14.3. The highest BCUT2D eigenvalue weighted by Crippen LogP contribution is 2.13. The first-order chi connectivity index (χ1) is 12.6. The number of carboxylic acid groups (broad SMARTS) is 4. The molecule has 11 nitrogen and oxygen atoms in total. The van der Waals surface area contributed by atoms with Gasteiger partial charge in [-0.05, 0) is 24.1 Å². The normalized spacial score (nSPS) is 11.7. The molecule has 0 spiro atoms. The fourth-order valence-electron chi connectivity index (χ4n) is 2.52. The first-order valence-corrected chi connectivity index (χ1v) is 7.80. The highest BCUT2D eigenvalue weighted by Gasteiger charge is 2.28. The van der Waals surface area contributed by atoms with Gasteiger partial charge >= 0.3 is 24.0 Å². The van der Waals surface area contributed by atoms with E-state index in [1.54, 1.807) is 24.3 Å². The molecule has 0 aliphatic carbocycles. The van der Waals surface area contributed by atoms with Gasteiger partial charge in [0.15, 0.2) is 0 Å². The van der Waals surface area contributed by atoms with Gasteiger partial charge in [-0.1, -0.05) is 12.1 Å². The monoisotopic (exact) mass is 383 g/mol. The summed E-state index contributed by atoms with van der Waals surface area (Å²) in [5, 5.41) is 36.2. The largest absolute Gasteiger partial charge is 0.480 e. The zero-order chi connectivity index (χ0) is 20.6. The van der Waals surface area contributed by atoms with Crippen LogP contribution in [0.15, 0.2) is 24.3 Å². The van der Waals surface area contributed by atoms with Gasteiger partial charge < -0.3 is 26.2 Å². The van der Waals surface area contributed by atoms with Crippen molar-refractivity contribution in [1.82, 2.24) is 9.80 Å². The number of benzene rings is 1.